The normalized spacial score (nSPS) is 14.8. The highest BCUT2D eigenvalue weighted by Crippen LogP contribution is 2.10. The average molecular weight is 378 g/mol. The van der Waals surface area contributed by atoms with E-state index in [-0.39, 0.29) is 18.0 Å². The number of aromatic nitrogens is 3. The first kappa shape index (κ1) is 15.7. The van der Waals surface area contributed by atoms with Crippen molar-refractivity contribution in [2.45, 2.75) is 6.54 Å². The summed E-state index contributed by atoms with van der Waals surface area (Å²) in [7, 11) is 0. The van der Waals surface area contributed by atoms with Gasteiger partial charge in [-0.25, -0.2) is 9.97 Å². The molecule has 0 aliphatic carbocycles. The van der Waals surface area contributed by atoms with E-state index in [0.29, 0.717) is 32.1 Å². The summed E-state index contributed by atoms with van der Waals surface area (Å²) in [5, 5.41) is 0. The molecular formula is C15H16BrN5O2. The Morgan fingerprint density at radius 1 is 1.13 bits per heavy atom. The number of carbonyl (C=O) groups excluding carboxylic acids is 1. The lowest BCUT2D eigenvalue weighted by molar-refractivity contribution is -0.132. The molecule has 1 aliphatic heterocycles. The minimum absolute atomic E-state index is 0.0557. The highest BCUT2D eigenvalue weighted by Gasteiger charge is 2.22. The van der Waals surface area contributed by atoms with Gasteiger partial charge in [0, 0.05) is 55.3 Å². The van der Waals surface area contributed by atoms with Crippen LogP contribution in [0.15, 0.2) is 46.1 Å². The fourth-order valence-electron chi connectivity index (χ4n) is 2.48. The molecule has 7 nitrogen and oxygen atoms in total. The van der Waals surface area contributed by atoms with E-state index in [1.807, 2.05) is 0 Å². The van der Waals surface area contributed by atoms with Crippen LogP contribution >= 0.6 is 15.9 Å². The molecule has 3 rings (SSSR count). The van der Waals surface area contributed by atoms with Crippen molar-refractivity contribution in [3.63, 3.8) is 0 Å². The molecule has 1 aliphatic rings. The summed E-state index contributed by atoms with van der Waals surface area (Å²) in [5.74, 6) is 0.627. The van der Waals surface area contributed by atoms with E-state index < -0.39 is 0 Å². The maximum Gasteiger partial charge on any atom is 0.251 e. The molecule has 0 atom stereocenters. The van der Waals surface area contributed by atoms with E-state index in [1.165, 1.54) is 10.6 Å². The van der Waals surface area contributed by atoms with Crippen molar-refractivity contribution in [1.29, 1.82) is 0 Å². The van der Waals surface area contributed by atoms with E-state index in [4.69, 9.17) is 0 Å². The zero-order valence-electron chi connectivity index (χ0n) is 12.4. The highest BCUT2D eigenvalue weighted by molar-refractivity contribution is 9.10. The van der Waals surface area contributed by atoms with Crippen LogP contribution in [0, 0.1) is 0 Å². The summed E-state index contributed by atoms with van der Waals surface area (Å²) in [5.41, 5.74) is -0.183. The SMILES string of the molecule is O=C(Cn1cc(Br)ccc1=O)N1CCN(c2ncccn2)CC1. The van der Waals surface area contributed by atoms with Gasteiger partial charge in [0.2, 0.25) is 11.9 Å². The smallest absolute Gasteiger partial charge is 0.251 e. The molecule has 0 N–H and O–H groups in total. The van der Waals surface area contributed by atoms with Gasteiger partial charge in [0.15, 0.2) is 0 Å². The number of rotatable bonds is 3. The predicted octanol–water partition coefficient (Wildman–Crippen LogP) is 0.750. The predicted molar refractivity (Wildman–Crippen MR) is 89.2 cm³/mol. The molecule has 0 saturated carbocycles. The standard InChI is InChI=1S/C15H16BrN5O2/c16-12-2-3-13(22)21(10-12)11-14(23)19-6-8-20(9-7-19)15-17-4-1-5-18-15/h1-5,10H,6-9,11H2. The lowest BCUT2D eigenvalue weighted by atomic mass is 10.3. The number of anilines is 1. The Morgan fingerprint density at radius 2 is 1.83 bits per heavy atom. The highest BCUT2D eigenvalue weighted by atomic mass is 79.9. The first-order valence-electron chi connectivity index (χ1n) is 7.29. The molecule has 2 aromatic heterocycles. The number of carbonyl (C=O) groups is 1. The zero-order valence-corrected chi connectivity index (χ0v) is 14.0. The Labute approximate surface area is 141 Å². The van der Waals surface area contributed by atoms with Crippen molar-refractivity contribution >= 4 is 27.8 Å². The van der Waals surface area contributed by atoms with E-state index in [1.54, 1.807) is 35.6 Å². The maximum atomic E-state index is 12.4. The summed E-state index contributed by atoms with van der Waals surface area (Å²) in [6.45, 7) is 2.62. The molecule has 1 amide bonds. The molecule has 2 aromatic rings. The molecule has 0 aromatic carbocycles. The molecule has 0 spiro atoms. The summed E-state index contributed by atoms with van der Waals surface area (Å²) >= 11 is 3.31. The van der Waals surface area contributed by atoms with E-state index in [9.17, 15) is 9.59 Å². The molecule has 0 bridgehead atoms. The lowest BCUT2D eigenvalue weighted by Gasteiger charge is -2.34. The average Bonchev–Trinajstić information content (AvgIpc) is 2.59. The van der Waals surface area contributed by atoms with Gasteiger partial charge in [0.25, 0.3) is 5.56 Å². The fourth-order valence-corrected chi connectivity index (χ4v) is 2.86. The van der Waals surface area contributed by atoms with Crippen molar-refractivity contribution in [3.8, 4) is 0 Å². The number of piperazine rings is 1. The summed E-state index contributed by atoms with van der Waals surface area (Å²) in [6, 6.07) is 4.89. The second-order valence-electron chi connectivity index (χ2n) is 5.23. The fraction of sp³-hybridized carbons (Fsp3) is 0.333. The van der Waals surface area contributed by atoms with Crippen LogP contribution in [0.3, 0.4) is 0 Å². The Bertz CT molecular complexity index is 741. The van der Waals surface area contributed by atoms with Crippen molar-refractivity contribution in [2.75, 3.05) is 31.1 Å². The number of hydrogen-bond acceptors (Lipinski definition) is 5. The van der Waals surface area contributed by atoms with Crippen LogP contribution in [0.25, 0.3) is 0 Å². The molecule has 23 heavy (non-hydrogen) atoms. The van der Waals surface area contributed by atoms with Crippen molar-refractivity contribution in [3.05, 3.63) is 51.6 Å². The second kappa shape index (κ2) is 6.91. The van der Waals surface area contributed by atoms with E-state index in [0.717, 1.165) is 4.47 Å². The Hall–Kier alpha value is -2.22. The summed E-state index contributed by atoms with van der Waals surface area (Å²) in [4.78, 5) is 36.4. The maximum absolute atomic E-state index is 12.4. The van der Waals surface area contributed by atoms with Gasteiger partial charge >= 0.3 is 0 Å². The molecule has 8 heteroatoms. The Balaban J connectivity index is 1.60. The molecule has 3 heterocycles. The van der Waals surface area contributed by atoms with Gasteiger partial charge in [-0.05, 0) is 28.1 Å². The molecular weight excluding hydrogens is 362 g/mol. The number of halogens is 1. The third-order valence-electron chi connectivity index (χ3n) is 3.72. The second-order valence-corrected chi connectivity index (χ2v) is 6.15. The van der Waals surface area contributed by atoms with Gasteiger partial charge < -0.3 is 14.4 Å². The van der Waals surface area contributed by atoms with Crippen molar-refractivity contribution in [2.24, 2.45) is 0 Å². The van der Waals surface area contributed by atoms with Crippen LogP contribution in [0.2, 0.25) is 0 Å². The van der Waals surface area contributed by atoms with Crippen LogP contribution in [0.4, 0.5) is 5.95 Å². The van der Waals surface area contributed by atoms with Gasteiger partial charge in [-0.2, -0.15) is 0 Å². The van der Waals surface area contributed by atoms with Gasteiger partial charge in [-0.3, -0.25) is 9.59 Å². The van der Waals surface area contributed by atoms with Crippen LogP contribution in [0.5, 0.6) is 0 Å². The van der Waals surface area contributed by atoms with Crippen LogP contribution in [-0.4, -0.2) is 51.5 Å². The first-order chi connectivity index (χ1) is 11.1. The summed E-state index contributed by atoms with van der Waals surface area (Å²) < 4.78 is 2.19. The number of amides is 1. The topological polar surface area (TPSA) is 71.3 Å². The van der Waals surface area contributed by atoms with Crippen molar-refractivity contribution in [1.82, 2.24) is 19.4 Å². The lowest BCUT2D eigenvalue weighted by Crippen LogP contribution is -2.50. The van der Waals surface area contributed by atoms with E-state index >= 15 is 0 Å². The van der Waals surface area contributed by atoms with Gasteiger partial charge in [-0.15, -0.1) is 0 Å². The van der Waals surface area contributed by atoms with E-state index in [2.05, 4.69) is 30.8 Å². The molecule has 120 valence electrons. The van der Waals surface area contributed by atoms with Crippen LogP contribution in [-0.2, 0) is 11.3 Å². The minimum Gasteiger partial charge on any atom is -0.338 e. The van der Waals surface area contributed by atoms with Gasteiger partial charge in [0.1, 0.15) is 6.54 Å². The Kier molecular flexibility index (Phi) is 4.71. The quantitative estimate of drug-likeness (QED) is 0.789. The number of nitrogens with zero attached hydrogens (tertiary/aromatic N) is 5. The third kappa shape index (κ3) is 3.76. The largest absolute Gasteiger partial charge is 0.338 e. The monoisotopic (exact) mass is 377 g/mol. The summed E-state index contributed by atoms with van der Waals surface area (Å²) in [6.07, 6.45) is 5.05. The zero-order chi connectivity index (χ0) is 16.2. The van der Waals surface area contributed by atoms with Gasteiger partial charge in [0.05, 0.1) is 0 Å². The molecule has 1 saturated heterocycles. The molecule has 1 fully saturated rings. The number of hydrogen-bond donors (Lipinski definition) is 0. The number of pyridine rings is 1. The van der Waals surface area contributed by atoms with Crippen LogP contribution < -0.4 is 10.5 Å². The minimum atomic E-state index is -0.183. The van der Waals surface area contributed by atoms with Gasteiger partial charge in [-0.1, -0.05) is 0 Å². The third-order valence-corrected chi connectivity index (χ3v) is 4.19. The van der Waals surface area contributed by atoms with Crippen molar-refractivity contribution < 1.29 is 4.79 Å². The molecule has 0 unspecified atom stereocenters. The Morgan fingerprint density at radius 3 is 2.52 bits per heavy atom. The molecule has 0 radical (unpaired) electrons. The van der Waals surface area contributed by atoms with Crippen LogP contribution in [0.1, 0.15) is 0 Å². The first-order valence-corrected chi connectivity index (χ1v) is 8.08.